The van der Waals surface area contributed by atoms with Gasteiger partial charge in [-0.1, -0.05) is 41.4 Å². The number of Topliss-reactive ketones (excluding diaryl/α,β-unsaturated/α-hetero) is 1. The molecule has 1 heterocycles. The lowest BCUT2D eigenvalue weighted by atomic mass is 10.0. The van der Waals surface area contributed by atoms with Gasteiger partial charge in [-0.25, -0.2) is 4.79 Å². The Morgan fingerprint density at radius 2 is 1.69 bits per heavy atom. The third kappa shape index (κ3) is 7.05. The van der Waals surface area contributed by atoms with Crippen molar-refractivity contribution in [3.8, 4) is 5.75 Å². The lowest BCUT2D eigenvalue weighted by Crippen LogP contribution is -2.48. The number of carbonyl (C=O) groups excluding carboxylic acids is 3. The minimum absolute atomic E-state index is 0.0111. The third-order valence-electron chi connectivity index (χ3n) is 4.95. The van der Waals surface area contributed by atoms with Crippen LogP contribution in [0.15, 0.2) is 53.9 Å². The molecule has 182 valence electrons. The molecule has 3 rings (SSSR count). The second-order valence-corrected chi connectivity index (χ2v) is 9.22. The number of halogens is 2. The van der Waals surface area contributed by atoms with E-state index in [9.17, 15) is 29.4 Å². The smallest absolute Gasteiger partial charge is 0.328 e. The molecule has 0 spiro atoms. The van der Waals surface area contributed by atoms with Crippen LogP contribution in [0.1, 0.15) is 42.4 Å². The van der Waals surface area contributed by atoms with Crippen molar-refractivity contribution in [3.05, 3.63) is 85.5 Å². The van der Waals surface area contributed by atoms with Gasteiger partial charge in [-0.3, -0.25) is 14.4 Å². The average Bonchev–Trinajstić information content (AvgIpc) is 3.34. The summed E-state index contributed by atoms with van der Waals surface area (Å²) in [7, 11) is 0. The van der Waals surface area contributed by atoms with Gasteiger partial charge in [0.2, 0.25) is 0 Å². The van der Waals surface area contributed by atoms with Gasteiger partial charge in [0, 0.05) is 18.5 Å². The lowest BCUT2D eigenvalue weighted by molar-refractivity contribution is -0.139. The van der Waals surface area contributed by atoms with E-state index >= 15 is 0 Å². The minimum atomic E-state index is -1.42. The van der Waals surface area contributed by atoms with E-state index in [4.69, 9.17) is 23.2 Å². The summed E-state index contributed by atoms with van der Waals surface area (Å²) >= 11 is 13.7. The number of aromatic hydroxyl groups is 1. The molecule has 2 aromatic carbocycles. The summed E-state index contributed by atoms with van der Waals surface area (Å²) in [5.74, 6) is -2.83. The molecule has 0 radical (unpaired) electrons. The number of carbonyl (C=O) groups is 4. The van der Waals surface area contributed by atoms with Gasteiger partial charge in [0.15, 0.2) is 5.78 Å². The molecule has 35 heavy (non-hydrogen) atoms. The molecule has 0 fully saturated rings. The monoisotopic (exact) mass is 534 g/mol. The summed E-state index contributed by atoms with van der Waals surface area (Å²) in [6.07, 6.45) is 0.398. The minimum Gasteiger partial charge on any atom is -0.508 e. The van der Waals surface area contributed by atoms with E-state index in [1.165, 1.54) is 35.6 Å². The van der Waals surface area contributed by atoms with Crippen LogP contribution >= 0.6 is 34.5 Å². The van der Waals surface area contributed by atoms with Gasteiger partial charge in [-0.2, -0.15) is 0 Å². The molecule has 4 N–H and O–H groups in total. The fraction of sp³-hybridized carbons (Fsp3) is 0.167. The fourth-order valence-electron chi connectivity index (χ4n) is 3.19. The number of benzene rings is 2. The maximum atomic E-state index is 12.7. The zero-order chi connectivity index (χ0) is 25.5. The lowest BCUT2D eigenvalue weighted by Gasteiger charge is -2.17. The number of thiophene rings is 1. The summed E-state index contributed by atoms with van der Waals surface area (Å²) < 4.78 is 0. The maximum Gasteiger partial charge on any atom is 0.328 e. The van der Waals surface area contributed by atoms with E-state index in [1.807, 2.05) is 0 Å². The molecule has 0 aliphatic carbocycles. The molecule has 0 unspecified atom stereocenters. The van der Waals surface area contributed by atoms with Crippen molar-refractivity contribution in [3.63, 3.8) is 0 Å². The Kier molecular flexibility index (Phi) is 8.86. The van der Waals surface area contributed by atoms with E-state index < -0.39 is 23.8 Å². The number of carboxylic acids is 1. The van der Waals surface area contributed by atoms with Crippen LogP contribution in [0.25, 0.3) is 0 Å². The molecule has 11 heteroatoms. The Morgan fingerprint density at radius 1 is 0.971 bits per heavy atom. The Morgan fingerprint density at radius 3 is 2.29 bits per heavy atom. The van der Waals surface area contributed by atoms with Crippen LogP contribution in [-0.4, -0.2) is 46.4 Å². The van der Waals surface area contributed by atoms with Gasteiger partial charge in [0.25, 0.3) is 11.8 Å². The third-order valence-corrected chi connectivity index (χ3v) is 6.42. The van der Waals surface area contributed by atoms with E-state index in [2.05, 4.69) is 10.6 Å². The number of hydrogen-bond donors (Lipinski definition) is 4. The number of nitrogens with one attached hydrogen (secondary N) is 2. The van der Waals surface area contributed by atoms with Crippen molar-refractivity contribution >= 4 is 58.1 Å². The Hall–Kier alpha value is -3.40. The Bertz CT molecular complexity index is 1240. The molecule has 1 atom stereocenters. The van der Waals surface area contributed by atoms with Crippen LogP contribution in [0.4, 0.5) is 0 Å². The molecular weight excluding hydrogens is 515 g/mol. The summed E-state index contributed by atoms with van der Waals surface area (Å²) in [6, 6.07) is 10.8. The number of phenolic OH excluding ortho intramolecular Hbond substituents is 1. The van der Waals surface area contributed by atoms with Crippen LogP contribution in [0.3, 0.4) is 0 Å². The topological polar surface area (TPSA) is 133 Å². The van der Waals surface area contributed by atoms with Gasteiger partial charge >= 0.3 is 5.97 Å². The van der Waals surface area contributed by atoms with Gasteiger partial charge < -0.3 is 20.8 Å². The molecule has 8 nitrogen and oxygen atoms in total. The second-order valence-electron chi connectivity index (χ2n) is 7.46. The highest BCUT2D eigenvalue weighted by atomic mass is 35.5. The first kappa shape index (κ1) is 26.2. The van der Waals surface area contributed by atoms with Gasteiger partial charge in [-0.05, 0) is 47.7 Å². The number of rotatable bonds is 10. The van der Waals surface area contributed by atoms with E-state index in [-0.39, 0.29) is 46.5 Å². The first-order valence-corrected chi connectivity index (χ1v) is 11.9. The average molecular weight is 535 g/mol. The molecule has 0 saturated heterocycles. The predicted octanol–water partition coefficient (Wildman–Crippen LogP) is 4.19. The molecule has 0 saturated carbocycles. The number of phenols is 1. The standard InChI is InChI=1S/C24H20Cl2N2O6S/c25-16-9-13(6-7-19(30)14-3-1-4-15(29)11-14)10-17(26)21(16)23(32)28-18(24(33)34)12-27-22(31)20-5-2-8-35-20/h1-5,8-11,18,29H,6-7,12H2,(H,27,31)(H,28,32)(H,33,34)/t18-/m0/s1. The highest BCUT2D eigenvalue weighted by Crippen LogP contribution is 2.28. The van der Waals surface area contributed by atoms with E-state index in [0.717, 1.165) is 0 Å². The van der Waals surface area contributed by atoms with Crippen molar-refractivity contribution in [2.75, 3.05) is 6.54 Å². The zero-order valence-electron chi connectivity index (χ0n) is 18.1. The number of amides is 2. The summed E-state index contributed by atoms with van der Waals surface area (Å²) in [5.41, 5.74) is 0.847. The van der Waals surface area contributed by atoms with Crippen LogP contribution in [-0.2, 0) is 11.2 Å². The molecule has 1 aromatic heterocycles. The summed E-state index contributed by atoms with van der Waals surface area (Å²) in [4.78, 5) is 49.2. The van der Waals surface area contributed by atoms with Gasteiger partial charge in [0.1, 0.15) is 11.8 Å². The van der Waals surface area contributed by atoms with Crippen LogP contribution in [0.5, 0.6) is 5.75 Å². The number of aliphatic carboxylic acids is 1. The molecule has 2 amide bonds. The number of hydrogen-bond acceptors (Lipinski definition) is 6. The molecule has 0 bridgehead atoms. The van der Waals surface area contributed by atoms with Crippen molar-refractivity contribution in [1.82, 2.24) is 10.6 Å². The van der Waals surface area contributed by atoms with Crippen LogP contribution in [0.2, 0.25) is 10.0 Å². The fourth-order valence-corrected chi connectivity index (χ4v) is 4.53. The first-order chi connectivity index (χ1) is 16.7. The molecular formula is C24H20Cl2N2O6S. The highest BCUT2D eigenvalue weighted by molar-refractivity contribution is 7.12. The van der Waals surface area contributed by atoms with E-state index in [0.29, 0.717) is 16.0 Å². The Balaban J connectivity index is 1.64. The molecule has 0 aliphatic rings. The van der Waals surface area contributed by atoms with E-state index in [1.54, 1.807) is 29.6 Å². The van der Waals surface area contributed by atoms with Gasteiger partial charge in [0.05, 0.1) is 20.5 Å². The van der Waals surface area contributed by atoms with Gasteiger partial charge in [-0.15, -0.1) is 11.3 Å². The summed E-state index contributed by atoms with van der Waals surface area (Å²) in [6.45, 7) is -0.345. The summed E-state index contributed by atoms with van der Waals surface area (Å²) in [5, 5.41) is 25.4. The second kappa shape index (κ2) is 11.8. The molecule has 3 aromatic rings. The van der Waals surface area contributed by atoms with Crippen molar-refractivity contribution in [2.24, 2.45) is 0 Å². The van der Waals surface area contributed by atoms with Crippen LogP contribution in [0, 0.1) is 0 Å². The SMILES string of the molecule is O=C(CCc1cc(Cl)c(C(=O)N[C@@H](CNC(=O)c2cccs2)C(=O)O)c(Cl)c1)c1cccc(O)c1. The maximum absolute atomic E-state index is 12.7. The number of ketones is 1. The first-order valence-electron chi connectivity index (χ1n) is 10.3. The van der Waals surface area contributed by atoms with Crippen molar-refractivity contribution in [2.45, 2.75) is 18.9 Å². The Labute approximate surface area is 214 Å². The van der Waals surface area contributed by atoms with Crippen molar-refractivity contribution in [1.29, 1.82) is 0 Å². The number of carboxylic acid groups (broad SMARTS) is 1. The zero-order valence-corrected chi connectivity index (χ0v) is 20.4. The molecule has 0 aliphatic heterocycles. The highest BCUT2D eigenvalue weighted by Gasteiger charge is 2.25. The predicted molar refractivity (Wildman–Crippen MR) is 133 cm³/mol. The largest absolute Gasteiger partial charge is 0.508 e. The number of aryl methyl sites for hydroxylation is 1. The van der Waals surface area contributed by atoms with Crippen molar-refractivity contribution < 1.29 is 29.4 Å². The normalized spacial score (nSPS) is 11.5. The van der Waals surface area contributed by atoms with Crippen LogP contribution < -0.4 is 10.6 Å². The quantitative estimate of drug-likeness (QED) is 0.288.